The maximum Gasteiger partial charge on any atom is 0.337 e. The third kappa shape index (κ3) is 4.04. The van der Waals surface area contributed by atoms with E-state index in [4.69, 9.17) is 9.84 Å². The number of aromatic carboxylic acids is 1. The standard InChI is InChI=1S/C15H14N2O4/c1-10(21-12-5-3-2-4-6-12)14(18)17-13-8-7-11(9-16-13)15(19)20/h2-10H,1H3,(H,19,20)(H,16,17,18). The average molecular weight is 286 g/mol. The summed E-state index contributed by atoms with van der Waals surface area (Å²) < 4.78 is 5.48. The van der Waals surface area contributed by atoms with Crippen LogP contribution in [0.25, 0.3) is 0 Å². The maximum absolute atomic E-state index is 11.9. The topological polar surface area (TPSA) is 88.5 Å². The summed E-state index contributed by atoms with van der Waals surface area (Å²) in [5.74, 6) is -0.571. The van der Waals surface area contributed by atoms with Crippen LogP contribution in [0.2, 0.25) is 0 Å². The van der Waals surface area contributed by atoms with Gasteiger partial charge in [0.05, 0.1) is 5.56 Å². The van der Waals surface area contributed by atoms with Crippen molar-refractivity contribution < 1.29 is 19.4 Å². The number of hydrogen-bond donors (Lipinski definition) is 2. The molecule has 0 aliphatic carbocycles. The fourth-order valence-electron chi connectivity index (χ4n) is 1.58. The minimum absolute atomic E-state index is 0.0570. The van der Waals surface area contributed by atoms with Crippen LogP contribution in [0.5, 0.6) is 5.75 Å². The first-order valence-corrected chi connectivity index (χ1v) is 6.28. The Morgan fingerprint density at radius 3 is 2.48 bits per heavy atom. The van der Waals surface area contributed by atoms with Crippen molar-refractivity contribution in [2.75, 3.05) is 5.32 Å². The molecule has 6 nitrogen and oxygen atoms in total. The molecule has 1 atom stereocenters. The number of carbonyl (C=O) groups is 2. The SMILES string of the molecule is CC(Oc1ccccc1)C(=O)Nc1ccc(C(=O)O)cn1. The Labute approximate surface area is 121 Å². The number of pyridine rings is 1. The molecule has 1 heterocycles. The van der Waals surface area contributed by atoms with E-state index in [0.717, 1.165) is 0 Å². The number of benzene rings is 1. The zero-order valence-electron chi connectivity index (χ0n) is 11.3. The van der Waals surface area contributed by atoms with Crippen molar-refractivity contribution in [1.82, 2.24) is 4.98 Å². The fraction of sp³-hybridized carbons (Fsp3) is 0.133. The molecule has 2 N–H and O–H groups in total. The van der Waals surface area contributed by atoms with Gasteiger partial charge in [0.15, 0.2) is 6.10 Å². The number of para-hydroxylation sites is 1. The summed E-state index contributed by atoms with van der Waals surface area (Å²) >= 11 is 0. The van der Waals surface area contributed by atoms with E-state index in [1.807, 2.05) is 18.2 Å². The highest BCUT2D eigenvalue weighted by Crippen LogP contribution is 2.12. The highest BCUT2D eigenvalue weighted by Gasteiger charge is 2.15. The van der Waals surface area contributed by atoms with Crippen LogP contribution >= 0.6 is 0 Å². The lowest BCUT2D eigenvalue weighted by molar-refractivity contribution is -0.122. The van der Waals surface area contributed by atoms with Crippen molar-refractivity contribution in [2.24, 2.45) is 0 Å². The van der Waals surface area contributed by atoms with Crippen molar-refractivity contribution in [3.63, 3.8) is 0 Å². The molecule has 0 spiro atoms. The van der Waals surface area contributed by atoms with Crippen LogP contribution in [-0.2, 0) is 4.79 Å². The molecule has 1 amide bonds. The summed E-state index contributed by atoms with van der Waals surface area (Å²) in [6.07, 6.45) is 0.481. The van der Waals surface area contributed by atoms with Gasteiger partial charge in [-0.2, -0.15) is 0 Å². The molecule has 0 saturated carbocycles. The predicted molar refractivity (Wildman–Crippen MR) is 76.4 cm³/mol. The quantitative estimate of drug-likeness (QED) is 0.879. The molecule has 1 unspecified atom stereocenters. The summed E-state index contributed by atoms with van der Waals surface area (Å²) in [7, 11) is 0. The Morgan fingerprint density at radius 2 is 1.90 bits per heavy atom. The van der Waals surface area contributed by atoms with Gasteiger partial charge in [-0.25, -0.2) is 9.78 Å². The van der Waals surface area contributed by atoms with Gasteiger partial charge >= 0.3 is 5.97 Å². The number of ether oxygens (including phenoxy) is 1. The molecule has 108 valence electrons. The summed E-state index contributed by atoms with van der Waals surface area (Å²) in [4.78, 5) is 26.5. The number of aromatic nitrogens is 1. The summed E-state index contributed by atoms with van der Waals surface area (Å²) in [6.45, 7) is 1.62. The summed E-state index contributed by atoms with van der Waals surface area (Å²) in [5, 5.41) is 11.3. The van der Waals surface area contributed by atoms with E-state index in [9.17, 15) is 9.59 Å². The molecule has 21 heavy (non-hydrogen) atoms. The first-order valence-electron chi connectivity index (χ1n) is 6.28. The number of carbonyl (C=O) groups excluding carboxylic acids is 1. The summed E-state index contributed by atoms with van der Waals surface area (Å²) in [5.41, 5.74) is 0.0570. The van der Waals surface area contributed by atoms with Crippen LogP contribution in [0.1, 0.15) is 17.3 Å². The average Bonchev–Trinajstić information content (AvgIpc) is 2.48. The Kier molecular flexibility index (Phi) is 4.50. The van der Waals surface area contributed by atoms with Gasteiger partial charge in [0.2, 0.25) is 0 Å². The van der Waals surface area contributed by atoms with E-state index in [1.165, 1.54) is 18.3 Å². The normalized spacial score (nSPS) is 11.5. The second kappa shape index (κ2) is 6.51. The number of anilines is 1. The lowest BCUT2D eigenvalue weighted by atomic mass is 10.3. The number of rotatable bonds is 5. The van der Waals surface area contributed by atoms with Gasteiger partial charge in [-0.1, -0.05) is 18.2 Å². The van der Waals surface area contributed by atoms with Gasteiger partial charge in [-0.05, 0) is 31.2 Å². The van der Waals surface area contributed by atoms with Crippen molar-refractivity contribution in [3.8, 4) is 5.75 Å². The Morgan fingerprint density at radius 1 is 1.19 bits per heavy atom. The first kappa shape index (κ1) is 14.5. The Hall–Kier alpha value is -2.89. The lowest BCUT2D eigenvalue weighted by Crippen LogP contribution is -2.30. The molecule has 0 aliphatic heterocycles. The van der Waals surface area contributed by atoms with Crippen LogP contribution in [0.15, 0.2) is 48.7 Å². The van der Waals surface area contributed by atoms with E-state index in [-0.39, 0.29) is 17.3 Å². The summed E-state index contributed by atoms with van der Waals surface area (Å²) in [6, 6.07) is 11.8. The van der Waals surface area contributed by atoms with Gasteiger partial charge in [0.1, 0.15) is 11.6 Å². The number of amides is 1. The number of carboxylic acids is 1. The van der Waals surface area contributed by atoms with Crippen molar-refractivity contribution in [2.45, 2.75) is 13.0 Å². The highest BCUT2D eigenvalue weighted by atomic mass is 16.5. The number of nitrogens with zero attached hydrogens (tertiary/aromatic N) is 1. The highest BCUT2D eigenvalue weighted by molar-refractivity contribution is 5.93. The van der Waals surface area contributed by atoms with Crippen molar-refractivity contribution in [3.05, 3.63) is 54.2 Å². The Balaban J connectivity index is 1.95. The molecule has 0 saturated heterocycles. The van der Waals surface area contributed by atoms with E-state index < -0.39 is 12.1 Å². The number of carboxylic acid groups (broad SMARTS) is 1. The largest absolute Gasteiger partial charge is 0.481 e. The van der Waals surface area contributed by atoms with Gasteiger partial charge in [0.25, 0.3) is 5.91 Å². The van der Waals surface area contributed by atoms with Gasteiger partial charge in [-0.3, -0.25) is 4.79 Å². The van der Waals surface area contributed by atoms with Crippen LogP contribution in [0, 0.1) is 0 Å². The van der Waals surface area contributed by atoms with Gasteiger partial charge in [-0.15, -0.1) is 0 Å². The molecule has 0 radical (unpaired) electrons. The number of hydrogen-bond acceptors (Lipinski definition) is 4. The van der Waals surface area contributed by atoms with Crippen LogP contribution in [0.4, 0.5) is 5.82 Å². The van der Waals surface area contributed by atoms with Crippen LogP contribution in [0.3, 0.4) is 0 Å². The molecule has 6 heteroatoms. The van der Waals surface area contributed by atoms with E-state index in [0.29, 0.717) is 5.75 Å². The first-order chi connectivity index (χ1) is 10.1. The lowest BCUT2D eigenvalue weighted by Gasteiger charge is -2.14. The molecule has 0 fully saturated rings. The van der Waals surface area contributed by atoms with Gasteiger partial charge in [0, 0.05) is 6.20 Å². The van der Waals surface area contributed by atoms with Crippen molar-refractivity contribution in [1.29, 1.82) is 0 Å². The number of nitrogens with one attached hydrogen (secondary N) is 1. The van der Waals surface area contributed by atoms with Crippen LogP contribution in [-0.4, -0.2) is 28.1 Å². The third-order valence-electron chi connectivity index (χ3n) is 2.69. The minimum atomic E-state index is -1.07. The second-order valence-corrected chi connectivity index (χ2v) is 4.30. The predicted octanol–water partition coefficient (Wildman–Crippen LogP) is 2.19. The van der Waals surface area contributed by atoms with E-state index in [1.54, 1.807) is 19.1 Å². The maximum atomic E-state index is 11.9. The molecular weight excluding hydrogens is 272 g/mol. The molecule has 1 aromatic heterocycles. The van der Waals surface area contributed by atoms with Crippen LogP contribution < -0.4 is 10.1 Å². The zero-order chi connectivity index (χ0) is 15.2. The zero-order valence-corrected chi connectivity index (χ0v) is 11.3. The molecule has 0 aliphatic rings. The molecule has 1 aromatic carbocycles. The smallest absolute Gasteiger partial charge is 0.337 e. The Bertz CT molecular complexity index is 626. The molecule has 0 bridgehead atoms. The minimum Gasteiger partial charge on any atom is -0.481 e. The van der Waals surface area contributed by atoms with Gasteiger partial charge < -0.3 is 15.2 Å². The van der Waals surface area contributed by atoms with E-state index >= 15 is 0 Å². The van der Waals surface area contributed by atoms with Crippen molar-refractivity contribution >= 4 is 17.7 Å². The second-order valence-electron chi connectivity index (χ2n) is 4.30. The molecule has 2 rings (SSSR count). The third-order valence-corrected chi connectivity index (χ3v) is 2.69. The van der Waals surface area contributed by atoms with E-state index in [2.05, 4.69) is 10.3 Å². The fourth-order valence-corrected chi connectivity index (χ4v) is 1.58. The molecule has 2 aromatic rings. The monoisotopic (exact) mass is 286 g/mol. The molecular formula is C15H14N2O4.